The summed E-state index contributed by atoms with van der Waals surface area (Å²) in [6, 6.07) is 8.60. The predicted molar refractivity (Wildman–Crippen MR) is 64.5 cm³/mol. The molecule has 2 unspecified atom stereocenters. The van der Waals surface area contributed by atoms with Crippen molar-refractivity contribution < 1.29 is 5.11 Å². The smallest absolute Gasteiger partial charge is 0.0636 e. The molecule has 1 aliphatic rings. The molecule has 1 aromatic rings. The maximum atomic E-state index is 9.15. The molecule has 15 heavy (non-hydrogen) atoms. The number of fused-ring (bicyclic) bond motifs is 1. The van der Waals surface area contributed by atoms with E-state index in [4.69, 9.17) is 5.11 Å². The van der Waals surface area contributed by atoms with E-state index in [9.17, 15) is 0 Å². The fourth-order valence-corrected chi connectivity index (χ4v) is 3.12. The maximum absolute atomic E-state index is 9.15. The second-order valence-electron chi connectivity index (χ2n) is 4.05. The highest BCUT2D eigenvalue weighted by molar-refractivity contribution is 7.99. The van der Waals surface area contributed by atoms with Crippen molar-refractivity contribution in [2.24, 2.45) is 0 Å². The van der Waals surface area contributed by atoms with Crippen LogP contribution in [0.25, 0.3) is 0 Å². The summed E-state index contributed by atoms with van der Waals surface area (Å²) in [6.45, 7) is 3.46. The minimum absolute atomic E-state index is 0.255. The topological polar surface area (TPSA) is 32.3 Å². The molecule has 0 bridgehead atoms. The first-order valence-electron chi connectivity index (χ1n) is 5.38. The summed E-state index contributed by atoms with van der Waals surface area (Å²) < 4.78 is 0. The molecule has 0 saturated heterocycles. The molecule has 3 heteroatoms. The lowest BCUT2D eigenvalue weighted by Gasteiger charge is -2.12. The largest absolute Gasteiger partial charge is 0.392 e. The van der Waals surface area contributed by atoms with Gasteiger partial charge in [-0.3, -0.25) is 0 Å². The Kier molecular flexibility index (Phi) is 3.67. The number of aliphatic hydroxyl groups excluding tert-OH is 1. The number of rotatable bonds is 4. The van der Waals surface area contributed by atoms with Crippen LogP contribution in [0.3, 0.4) is 0 Å². The van der Waals surface area contributed by atoms with E-state index >= 15 is 0 Å². The highest BCUT2D eigenvalue weighted by Crippen LogP contribution is 2.38. The molecule has 2 nitrogen and oxygen atoms in total. The van der Waals surface area contributed by atoms with Crippen molar-refractivity contribution >= 4 is 11.8 Å². The average Bonchev–Trinajstić information content (AvgIpc) is 2.62. The van der Waals surface area contributed by atoms with Crippen LogP contribution in [-0.2, 0) is 0 Å². The fraction of sp³-hybridized carbons (Fsp3) is 0.500. The summed E-state index contributed by atoms with van der Waals surface area (Å²) in [6.07, 6.45) is -0.255. The van der Waals surface area contributed by atoms with Crippen LogP contribution >= 0.6 is 11.8 Å². The van der Waals surface area contributed by atoms with Crippen LogP contribution in [0, 0.1) is 0 Å². The van der Waals surface area contributed by atoms with Crippen LogP contribution in [0.4, 0.5) is 0 Å². The molecule has 0 saturated carbocycles. The SMILES string of the molecule is CC(O)CNCC1CSc2ccccc21. The Balaban J connectivity index is 1.90. The first-order valence-corrected chi connectivity index (χ1v) is 6.36. The van der Waals surface area contributed by atoms with E-state index in [0.29, 0.717) is 12.5 Å². The number of hydrogen-bond donors (Lipinski definition) is 2. The van der Waals surface area contributed by atoms with Gasteiger partial charge in [0.2, 0.25) is 0 Å². The van der Waals surface area contributed by atoms with Gasteiger partial charge in [0.05, 0.1) is 6.10 Å². The second-order valence-corrected chi connectivity index (χ2v) is 5.11. The molecule has 2 atom stereocenters. The van der Waals surface area contributed by atoms with Crippen molar-refractivity contribution in [1.29, 1.82) is 0 Å². The predicted octanol–water partition coefficient (Wildman–Crippen LogP) is 1.85. The summed E-state index contributed by atoms with van der Waals surface area (Å²) in [5.41, 5.74) is 1.46. The third kappa shape index (κ3) is 2.74. The lowest BCUT2D eigenvalue weighted by Crippen LogP contribution is -2.28. The van der Waals surface area contributed by atoms with Gasteiger partial charge < -0.3 is 10.4 Å². The van der Waals surface area contributed by atoms with Gasteiger partial charge in [-0.25, -0.2) is 0 Å². The molecule has 0 amide bonds. The Bertz CT molecular complexity index is 327. The number of aliphatic hydroxyl groups is 1. The summed E-state index contributed by atoms with van der Waals surface area (Å²) >= 11 is 1.93. The lowest BCUT2D eigenvalue weighted by molar-refractivity contribution is 0.191. The second kappa shape index (κ2) is 5.01. The minimum atomic E-state index is -0.255. The summed E-state index contributed by atoms with van der Waals surface area (Å²) in [5.74, 6) is 1.76. The van der Waals surface area contributed by atoms with E-state index in [1.807, 2.05) is 18.7 Å². The van der Waals surface area contributed by atoms with E-state index in [2.05, 4.69) is 29.6 Å². The standard InChI is InChI=1S/C12H17NOS/c1-9(14)6-13-7-10-8-15-12-5-3-2-4-11(10)12/h2-5,9-10,13-14H,6-8H2,1H3. The number of thioether (sulfide) groups is 1. The van der Waals surface area contributed by atoms with Crippen LogP contribution < -0.4 is 5.32 Å². The molecule has 1 aliphatic heterocycles. The first-order chi connectivity index (χ1) is 7.27. The van der Waals surface area contributed by atoms with E-state index in [1.54, 1.807) is 0 Å². The Morgan fingerprint density at radius 1 is 1.53 bits per heavy atom. The quantitative estimate of drug-likeness (QED) is 0.817. The maximum Gasteiger partial charge on any atom is 0.0636 e. The van der Waals surface area contributed by atoms with Crippen molar-refractivity contribution in [3.8, 4) is 0 Å². The molecule has 1 heterocycles. The van der Waals surface area contributed by atoms with E-state index in [-0.39, 0.29) is 6.10 Å². The molecular formula is C12H17NOS. The zero-order chi connectivity index (χ0) is 10.7. The van der Waals surface area contributed by atoms with Crippen molar-refractivity contribution in [1.82, 2.24) is 5.32 Å². The molecule has 0 aromatic heterocycles. The summed E-state index contributed by atoms with van der Waals surface area (Å²) in [5, 5.41) is 12.5. The third-order valence-electron chi connectivity index (χ3n) is 2.63. The minimum Gasteiger partial charge on any atom is -0.392 e. The summed E-state index contributed by atoms with van der Waals surface area (Å²) in [4.78, 5) is 1.42. The van der Waals surface area contributed by atoms with Gasteiger partial charge in [0.1, 0.15) is 0 Å². The van der Waals surface area contributed by atoms with Crippen LogP contribution in [0.2, 0.25) is 0 Å². The monoisotopic (exact) mass is 223 g/mol. The number of hydrogen-bond acceptors (Lipinski definition) is 3. The molecule has 0 spiro atoms. The van der Waals surface area contributed by atoms with Crippen LogP contribution in [0.5, 0.6) is 0 Å². The zero-order valence-corrected chi connectivity index (χ0v) is 9.76. The van der Waals surface area contributed by atoms with Crippen LogP contribution in [0.1, 0.15) is 18.4 Å². The number of nitrogens with one attached hydrogen (secondary N) is 1. The molecule has 1 aromatic carbocycles. The van der Waals surface area contributed by atoms with Crippen LogP contribution in [-0.4, -0.2) is 30.1 Å². The fourth-order valence-electron chi connectivity index (χ4n) is 1.86. The van der Waals surface area contributed by atoms with Crippen molar-refractivity contribution in [2.75, 3.05) is 18.8 Å². The third-order valence-corrected chi connectivity index (χ3v) is 3.88. The van der Waals surface area contributed by atoms with Crippen LogP contribution in [0.15, 0.2) is 29.2 Å². The van der Waals surface area contributed by atoms with Crippen molar-refractivity contribution in [3.05, 3.63) is 29.8 Å². The van der Waals surface area contributed by atoms with Gasteiger partial charge in [-0.2, -0.15) is 0 Å². The molecule has 2 N–H and O–H groups in total. The molecule has 2 rings (SSSR count). The van der Waals surface area contributed by atoms with Crippen molar-refractivity contribution in [3.63, 3.8) is 0 Å². The molecule has 0 fully saturated rings. The molecule has 82 valence electrons. The van der Waals surface area contributed by atoms with Gasteiger partial charge in [-0.1, -0.05) is 18.2 Å². The lowest BCUT2D eigenvalue weighted by atomic mass is 10.0. The summed E-state index contributed by atoms with van der Waals surface area (Å²) in [7, 11) is 0. The number of benzene rings is 1. The van der Waals surface area contributed by atoms with Gasteiger partial charge in [0, 0.05) is 29.7 Å². The van der Waals surface area contributed by atoms with E-state index in [1.165, 1.54) is 10.5 Å². The van der Waals surface area contributed by atoms with Gasteiger partial charge in [-0.05, 0) is 18.6 Å². The normalized spacial score (nSPS) is 21.3. The van der Waals surface area contributed by atoms with Crippen molar-refractivity contribution in [2.45, 2.75) is 23.8 Å². The highest BCUT2D eigenvalue weighted by atomic mass is 32.2. The average molecular weight is 223 g/mol. The van der Waals surface area contributed by atoms with Gasteiger partial charge in [0.25, 0.3) is 0 Å². The Labute approximate surface area is 95.1 Å². The van der Waals surface area contributed by atoms with Gasteiger partial charge in [-0.15, -0.1) is 11.8 Å². The van der Waals surface area contributed by atoms with Gasteiger partial charge in [0.15, 0.2) is 0 Å². The first kappa shape index (κ1) is 11.0. The zero-order valence-electron chi connectivity index (χ0n) is 8.94. The molecule has 0 radical (unpaired) electrons. The Hall–Kier alpha value is -0.510. The molecule has 0 aliphatic carbocycles. The Morgan fingerprint density at radius 2 is 2.33 bits per heavy atom. The highest BCUT2D eigenvalue weighted by Gasteiger charge is 2.21. The molecular weight excluding hydrogens is 206 g/mol. The van der Waals surface area contributed by atoms with Gasteiger partial charge >= 0.3 is 0 Å². The van der Waals surface area contributed by atoms with E-state index < -0.39 is 0 Å². The van der Waals surface area contributed by atoms with E-state index in [0.717, 1.165) is 12.3 Å². The Morgan fingerprint density at radius 3 is 3.13 bits per heavy atom.